The number of hydrogen-bond donors (Lipinski definition) is 0. The summed E-state index contributed by atoms with van der Waals surface area (Å²) in [6.07, 6.45) is 23.6. The van der Waals surface area contributed by atoms with E-state index in [1.165, 1.54) is 109 Å². The molecule has 0 rings (SSSR count). The molecule has 6 heteroatoms. The van der Waals surface area contributed by atoms with E-state index in [4.69, 9.17) is 18.6 Å². The molecule has 0 N–H and O–H groups in total. The lowest BCUT2D eigenvalue weighted by Crippen LogP contribution is -2.30. The second-order valence-corrected chi connectivity index (χ2v) is 16.1. The lowest BCUT2D eigenvalue weighted by Gasteiger charge is -2.25. The van der Waals surface area contributed by atoms with Crippen molar-refractivity contribution in [3.8, 4) is 0 Å². The minimum Gasteiger partial charge on any atom is -0.519 e. The van der Waals surface area contributed by atoms with Gasteiger partial charge in [0.1, 0.15) is 0 Å². The van der Waals surface area contributed by atoms with Crippen molar-refractivity contribution in [2.45, 2.75) is 156 Å². The Labute approximate surface area is 236 Å². The normalized spacial score (nSPS) is 10.8. The van der Waals surface area contributed by atoms with Crippen molar-refractivity contribution in [1.82, 2.24) is 0 Å². The predicted octanol–water partition coefficient (Wildman–Crippen LogP) is 9.59. The zero-order valence-electron chi connectivity index (χ0n) is 26.9. The van der Waals surface area contributed by atoms with Gasteiger partial charge < -0.3 is 18.6 Å². The maximum absolute atomic E-state index is 6.17. The van der Waals surface area contributed by atoms with E-state index in [1.54, 1.807) is 14.2 Å². The van der Waals surface area contributed by atoms with Crippen LogP contribution in [0.1, 0.15) is 137 Å². The monoisotopic (exact) mass is 558 g/mol. The minimum atomic E-state index is -1.64. The Balaban J connectivity index is 0. The molecule has 0 bridgehead atoms. The van der Waals surface area contributed by atoms with Crippen LogP contribution in [-0.2, 0) is 18.6 Å². The average Bonchev–Trinajstić information content (AvgIpc) is 2.85. The molecule has 0 aromatic rings. The van der Waals surface area contributed by atoms with Gasteiger partial charge in [-0.2, -0.15) is 0 Å². The third kappa shape index (κ3) is 26.5. The molecule has 0 aromatic carbocycles. The highest BCUT2D eigenvalue weighted by molar-refractivity contribution is 6.71. The van der Waals surface area contributed by atoms with Gasteiger partial charge in [-0.3, -0.25) is 0 Å². The number of methoxy groups -OCH3 is 2. The van der Waals surface area contributed by atoms with Crippen LogP contribution in [0.4, 0.5) is 0 Å². The SMILES string of the molecule is CCCCCCCCCCCCCCCCCC[Si](C)(C)OC(OC)=C(C)C.COC(OC[SiH3])=C(C)C. The Hall–Kier alpha value is -0.886. The fourth-order valence-electron chi connectivity index (χ4n) is 4.29. The van der Waals surface area contributed by atoms with Crippen molar-refractivity contribution >= 4 is 18.6 Å². The molecule has 37 heavy (non-hydrogen) atoms. The summed E-state index contributed by atoms with van der Waals surface area (Å²) in [5.74, 6) is 1.41. The van der Waals surface area contributed by atoms with E-state index < -0.39 is 8.32 Å². The van der Waals surface area contributed by atoms with Gasteiger partial charge in [-0.15, -0.1) is 0 Å². The third-order valence-corrected chi connectivity index (χ3v) is 9.05. The largest absolute Gasteiger partial charge is 0.519 e. The van der Waals surface area contributed by atoms with Gasteiger partial charge in [0.25, 0.3) is 11.9 Å². The zero-order chi connectivity index (χ0) is 28.4. The van der Waals surface area contributed by atoms with Crippen LogP contribution in [0.2, 0.25) is 19.1 Å². The molecule has 222 valence electrons. The van der Waals surface area contributed by atoms with Crippen molar-refractivity contribution < 1.29 is 18.6 Å². The molecule has 0 saturated heterocycles. The summed E-state index contributed by atoms with van der Waals surface area (Å²) in [5.41, 5.74) is 2.23. The van der Waals surface area contributed by atoms with Crippen molar-refractivity contribution in [2.75, 3.05) is 20.4 Å². The highest BCUT2D eigenvalue weighted by Crippen LogP contribution is 2.22. The first-order valence-electron chi connectivity index (χ1n) is 15.4. The van der Waals surface area contributed by atoms with Crippen LogP contribution >= 0.6 is 0 Å². The molecular formula is C31H66O4Si2. The Bertz CT molecular complexity index is 566. The van der Waals surface area contributed by atoms with Crippen LogP contribution in [0.25, 0.3) is 0 Å². The van der Waals surface area contributed by atoms with Crippen LogP contribution < -0.4 is 0 Å². The number of ether oxygens (including phenoxy) is 3. The highest BCUT2D eigenvalue weighted by atomic mass is 28.4. The van der Waals surface area contributed by atoms with Crippen molar-refractivity contribution in [3.63, 3.8) is 0 Å². The summed E-state index contributed by atoms with van der Waals surface area (Å²) >= 11 is 0. The fourth-order valence-corrected chi connectivity index (χ4v) is 6.54. The molecule has 0 amide bonds. The maximum Gasteiger partial charge on any atom is 0.277 e. The Morgan fingerprint density at radius 1 is 0.568 bits per heavy atom. The predicted molar refractivity (Wildman–Crippen MR) is 170 cm³/mol. The van der Waals surface area contributed by atoms with E-state index in [0.29, 0.717) is 5.95 Å². The first kappa shape index (κ1) is 38.3. The third-order valence-electron chi connectivity index (χ3n) is 6.46. The molecule has 0 aromatic heterocycles. The number of unbranched alkanes of at least 4 members (excludes halogenated alkanes) is 15. The molecule has 0 atom stereocenters. The molecule has 0 spiro atoms. The van der Waals surface area contributed by atoms with Gasteiger partial charge >= 0.3 is 0 Å². The van der Waals surface area contributed by atoms with Crippen LogP contribution in [0.5, 0.6) is 0 Å². The summed E-state index contributed by atoms with van der Waals surface area (Å²) in [7, 11) is 2.75. The fraction of sp³-hybridized carbons (Fsp3) is 0.871. The molecule has 0 aliphatic rings. The molecular weight excluding hydrogens is 493 g/mol. The number of rotatable bonds is 23. The standard InChI is InChI=1S/C25H52O2Si.C6H14O2Si/c1-7-8-9-10-11-12-13-14-15-16-17-18-19-20-21-22-23-28(5,6)27-25(26-4)24(2)3;1-5(2)6(7-3)8-4-9/h7-23H2,1-6H3;4H2,1-3,9H3. The van der Waals surface area contributed by atoms with Crippen LogP contribution in [-0.4, -0.2) is 39.0 Å². The number of allylic oxidation sites excluding steroid dienone is 2. The van der Waals surface area contributed by atoms with Gasteiger partial charge in [0.05, 0.1) is 30.7 Å². The van der Waals surface area contributed by atoms with Crippen LogP contribution in [0.3, 0.4) is 0 Å². The topological polar surface area (TPSA) is 36.9 Å². The lowest BCUT2D eigenvalue weighted by molar-refractivity contribution is 0.0810. The van der Waals surface area contributed by atoms with E-state index in [9.17, 15) is 0 Å². The van der Waals surface area contributed by atoms with E-state index in [2.05, 4.69) is 33.9 Å². The smallest absolute Gasteiger partial charge is 0.277 e. The lowest BCUT2D eigenvalue weighted by atomic mass is 10.0. The highest BCUT2D eigenvalue weighted by Gasteiger charge is 2.25. The molecule has 4 nitrogen and oxygen atoms in total. The Kier molecular flexibility index (Phi) is 27.6. The van der Waals surface area contributed by atoms with Gasteiger partial charge in [0.15, 0.2) is 0 Å². The summed E-state index contributed by atoms with van der Waals surface area (Å²) < 4.78 is 21.6. The summed E-state index contributed by atoms with van der Waals surface area (Å²) in [4.78, 5) is 0. The average molecular weight is 559 g/mol. The van der Waals surface area contributed by atoms with Crippen molar-refractivity contribution in [1.29, 1.82) is 0 Å². The van der Waals surface area contributed by atoms with E-state index in [0.717, 1.165) is 33.6 Å². The second-order valence-electron chi connectivity index (χ2n) is 11.3. The van der Waals surface area contributed by atoms with Crippen LogP contribution in [0, 0.1) is 0 Å². The molecule has 0 aliphatic heterocycles. The van der Waals surface area contributed by atoms with Gasteiger partial charge in [-0.25, -0.2) is 0 Å². The number of hydrogen-bond acceptors (Lipinski definition) is 4. The summed E-state index contributed by atoms with van der Waals surface area (Å²) in [5, 5.41) is 0. The molecule has 0 unspecified atom stereocenters. The Morgan fingerprint density at radius 2 is 0.919 bits per heavy atom. The molecule has 0 fully saturated rings. The Morgan fingerprint density at radius 3 is 1.19 bits per heavy atom. The minimum absolute atomic E-state index is 0.671. The van der Waals surface area contributed by atoms with Crippen molar-refractivity contribution in [2.24, 2.45) is 0 Å². The van der Waals surface area contributed by atoms with Gasteiger partial charge in [0, 0.05) is 11.1 Å². The first-order valence-corrected chi connectivity index (χ1v) is 19.9. The quantitative estimate of drug-likeness (QED) is 0.0710. The molecule has 0 saturated carbocycles. The first-order chi connectivity index (χ1) is 17.6. The molecule has 0 aliphatic carbocycles. The zero-order valence-corrected chi connectivity index (χ0v) is 29.9. The van der Waals surface area contributed by atoms with Crippen LogP contribution in [0.15, 0.2) is 23.0 Å². The molecule has 0 radical (unpaired) electrons. The van der Waals surface area contributed by atoms with E-state index >= 15 is 0 Å². The molecule has 0 heterocycles. The van der Waals surface area contributed by atoms with E-state index in [-0.39, 0.29) is 0 Å². The second kappa shape index (κ2) is 26.7. The van der Waals surface area contributed by atoms with Gasteiger partial charge in [0.2, 0.25) is 8.32 Å². The summed E-state index contributed by atoms with van der Waals surface area (Å²) in [6, 6.07) is 1.23. The summed E-state index contributed by atoms with van der Waals surface area (Å²) in [6.45, 7) is 14.9. The van der Waals surface area contributed by atoms with Gasteiger partial charge in [-0.05, 0) is 46.8 Å². The maximum atomic E-state index is 6.17. The van der Waals surface area contributed by atoms with Gasteiger partial charge in [-0.1, -0.05) is 110 Å². The van der Waals surface area contributed by atoms with Crippen molar-refractivity contribution in [3.05, 3.63) is 23.0 Å². The van der Waals surface area contributed by atoms with E-state index in [1.807, 2.05) is 13.8 Å².